The fourth-order valence-electron chi connectivity index (χ4n) is 5.35. The Labute approximate surface area is 213 Å². The number of nitrogens with zero attached hydrogens (tertiary/aromatic N) is 2. The molecule has 8 atom stereocenters. The molecule has 3 heterocycles. The lowest BCUT2D eigenvalue weighted by molar-refractivity contribution is -0.154. The van der Waals surface area contributed by atoms with Gasteiger partial charge in [0.2, 0.25) is 0 Å². The molecule has 2 N–H and O–H groups in total. The van der Waals surface area contributed by atoms with E-state index in [0.29, 0.717) is 18.5 Å². The summed E-state index contributed by atoms with van der Waals surface area (Å²) in [4.78, 5) is 33.0. The highest BCUT2D eigenvalue weighted by Crippen LogP contribution is 2.38. The Hall–Kier alpha value is -1.61. The van der Waals surface area contributed by atoms with E-state index < -0.39 is 35.6 Å². The van der Waals surface area contributed by atoms with Gasteiger partial charge in [0, 0.05) is 29.8 Å². The first kappa shape index (κ1) is 28.0. The van der Waals surface area contributed by atoms with Crippen LogP contribution in [0.1, 0.15) is 77.4 Å². The second-order valence-electron chi connectivity index (χ2n) is 11.2. The van der Waals surface area contributed by atoms with E-state index in [1.807, 2.05) is 32.2 Å². The summed E-state index contributed by atoms with van der Waals surface area (Å²) in [6, 6.07) is 0.717. The molecule has 196 valence electrons. The minimum atomic E-state index is -1.21. The molecule has 0 amide bonds. The summed E-state index contributed by atoms with van der Waals surface area (Å²) in [5.74, 6) is -1.42. The first-order valence-electron chi connectivity index (χ1n) is 12.7. The first-order chi connectivity index (χ1) is 16.3. The maximum Gasteiger partial charge on any atom is 0.309 e. The van der Waals surface area contributed by atoms with Gasteiger partial charge >= 0.3 is 5.97 Å². The lowest BCUT2D eigenvalue weighted by Crippen LogP contribution is -2.45. The number of aliphatic hydroxyl groups is 2. The van der Waals surface area contributed by atoms with Crippen LogP contribution >= 0.6 is 11.3 Å². The minimum Gasteiger partial charge on any atom is -0.458 e. The molecule has 1 aromatic rings. The average molecular weight is 507 g/mol. The van der Waals surface area contributed by atoms with Crippen molar-refractivity contribution in [1.29, 1.82) is 0 Å². The van der Waals surface area contributed by atoms with E-state index in [2.05, 4.69) is 16.9 Å². The summed E-state index contributed by atoms with van der Waals surface area (Å²) >= 11 is 1.58. The molecular weight excluding hydrogens is 464 g/mol. The lowest BCUT2D eigenvalue weighted by Gasteiger charge is -2.34. The number of aryl methyl sites for hydroxylation is 1. The van der Waals surface area contributed by atoms with E-state index in [0.717, 1.165) is 35.5 Å². The van der Waals surface area contributed by atoms with Crippen LogP contribution in [0, 0.1) is 24.2 Å². The van der Waals surface area contributed by atoms with Crippen LogP contribution < -0.4 is 0 Å². The second-order valence-corrected chi connectivity index (χ2v) is 12.2. The van der Waals surface area contributed by atoms with Gasteiger partial charge in [0.05, 0.1) is 34.7 Å². The lowest BCUT2D eigenvalue weighted by atomic mass is 9.73. The minimum absolute atomic E-state index is 0.0261. The van der Waals surface area contributed by atoms with Gasteiger partial charge in [-0.1, -0.05) is 34.1 Å². The Morgan fingerprint density at radius 1 is 1.23 bits per heavy atom. The molecule has 2 fully saturated rings. The van der Waals surface area contributed by atoms with Crippen LogP contribution in [0.4, 0.5) is 0 Å². The quantitative estimate of drug-likeness (QED) is 0.462. The van der Waals surface area contributed by atoms with Gasteiger partial charge in [-0.15, -0.1) is 11.3 Å². The molecule has 1 aromatic heterocycles. The van der Waals surface area contributed by atoms with Crippen LogP contribution in [0.3, 0.4) is 0 Å². The number of rotatable bonds is 2. The third-order valence-electron chi connectivity index (χ3n) is 8.15. The van der Waals surface area contributed by atoms with Gasteiger partial charge in [0.1, 0.15) is 11.9 Å². The number of hydrogen-bond donors (Lipinski definition) is 2. The van der Waals surface area contributed by atoms with Gasteiger partial charge in [0.25, 0.3) is 0 Å². The number of fused-ring (bicyclic) bond motifs is 1. The molecule has 0 saturated carbocycles. The highest BCUT2D eigenvalue weighted by molar-refractivity contribution is 7.09. The third kappa shape index (κ3) is 6.59. The van der Waals surface area contributed by atoms with Crippen molar-refractivity contribution < 1.29 is 24.5 Å². The van der Waals surface area contributed by atoms with E-state index in [4.69, 9.17) is 4.74 Å². The molecule has 7 nitrogen and oxygen atoms in total. The molecule has 3 rings (SSSR count). The standard InChI is InChI=1S/C27H42N2O5S/c1-15-9-8-10-20-21(29(20)7)12-22(16(2)11-19-14-35-18(4)28-19)34-24(31)13-23(30)27(5,6)26(33)17(3)25(15)32/h11,14-15,17,20-23,25,30,32H,8-10,12-13H2,1-7H3/t15-,17+,20+,21?,22?,23-,25-,29?/m0/s1. The van der Waals surface area contributed by atoms with Crippen molar-refractivity contribution >= 4 is 29.2 Å². The summed E-state index contributed by atoms with van der Waals surface area (Å²) in [6.07, 6.45) is 2.72. The molecule has 0 aliphatic carbocycles. The molecule has 2 saturated heterocycles. The molecule has 3 unspecified atom stereocenters. The van der Waals surface area contributed by atoms with Gasteiger partial charge in [-0.2, -0.15) is 0 Å². The highest BCUT2D eigenvalue weighted by atomic mass is 32.1. The monoisotopic (exact) mass is 506 g/mol. The second kappa shape index (κ2) is 11.2. The van der Waals surface area contributed by atoms with E-state index in [1.54, 1.807) is 32.1 Å². The summed E-state index contributed by atoms with van der Waals surface area (Å²) < 4.78 is 5.92. The number of carbonyl (C=O) groups is 2. The number of Topliss-reactive ketones (excluding diaryl/α,β-unsaturated/α-hetero) is 1. The Morgan fingerprint density at radius 2 is 1.91 bits per heavy atom. The summed E-state index contributed by atoms with van der Waals surface area (Å²) in [5, 5.41) is 24.7. The van der Waals surface area contributed by atoms with E-state index in [9.17, 15) is 19.8 Å². The fourth-order valence-corrected chi connectivity index (χ4v) is 5.92. The smallest absolute Gasteiger partial charge is 0.309 e. The molecule has 0 spiro atoms. The number of ketones is 1. The van der Waals surface area contributed by atoms with E-state index in [1.165, 1.54) is 0 Å². The topological polar surface area (TPSA) is 99.7 Å². The number of carbonyl (C=O) groups excluding carboxylic acids is 2. The van der Waals surface area contributed by atoms with E-state index in [-0.39, 0.29) is 18.1 Å². The van der Waals surface area contributed by atoms with Crippen molar-refractivity contribution in [3.8, 4) is 0 Å². The predicted molar refractivity (Wildman–Crippen MR) is 138 cm³/mol. The molecule has 0 aromatic carbocycles. The van der Waals surface area contributed by atoms with Crippen LogP contribution in [0.25, 0.3) is 6.08 Å². The zero-order chi connectivity index (χ0) is 26.1. The Bertz CT molecular complexity index is 942. The number of likely N-dealkylation sites (N-methyl/N-ethyl adjacent to an activating group) is 1. The zero-order valence-corrected chi connectivity index (χ0v) is 23.0. The van der Waals surface area contributed by atoms with Crippen LogP contribution in [0.2, 0.25) is 0 Å². The van der Waals surface area contributed by atoms with Crippen molar-refractivity contribution in [2.75, 3.05) is 7.05 Å². The third-order valence-corrected chi connectivity index (χ3v) is 8.94. The van der Waals surface area contributed by atoms with Crippen LogP contribution in [0.5, 0.6) is 0 Å². The molecule has 2 aliphatic rings. The number of cyclic esters (lactones) is 1. The van der Waals surface area contributed by atoms with Crippen molar-refractivity contribution in [2.45, 2.75) is 104 Å². The molecule has 2 aliphatic heterocycles. The SMILES string of the molecule is CC(=Cc1csc(C)n1)C1CC2[C@@H](CCC[C@H](C)[C@H](O)[C@@H](C)C(=O)C(C)(C)[C@@H](O)CC(=O)O1)N2C. The highest BCUT2D eigenvalue weighted by Gasteiger charge is 2.46. The van der Waals surface area contributed by atoms with Crippen LogP contribution in [-0.4, -0.2) is 69.3 Å². The maximum absolute atomic E-state index is 13.2. The Kier molecular flexibility index (Phi) is 8.95. The maximum atomic E-state index is 13.2. The molecular formula is C27H42N2O5S. The van der Waals surface area contributed by atoms with Crippen molar-refractivity contribution in [2.24, 2.45) is 17.3 Å². The number of aromatic nitrogens is 1. The largest absolute Gasteiger partial charge is 0.458 e. The number of aliphatic hydroxyl groups excluding tert-OH is 2. The predicted octanol–water partition coefficient (Wildman–Crippen LogP) is 4.00. The van der Waals surface area contributed by atoms with Gasteiger partial charge in [0.15, 0.2) is 0 Å². The van der Waals surface area contributed by atoms with Gasteiger partial charge in [-0.3, -0.25) is 14.5 Å². The number of ether oxygens (including phenoxy) is 1. The summed E-state index contributed by atoms with van der Waals surface area (Å²) in [7, 11) is 2.09. The normalized spacial score (nSPS) is 37.5. The number of thiazole rings is 1. The van der Waals surface area contributed by atoms with Gasteiger partial charge < -0.3 is 14.9 Å². The van der Waals surface area contributed by atoms with Crippen molar-refractivity contribution in [3.63, 3.8) is 0 Å². The Morgan fingerprint density at radius 3 is 2.54 bits per heavy atom. The Balaban J connectivity index is 1.85. The molecule has 0 bridgehead atoms. The number of hydrogen-bond acceptors (Lipinski definition) is 8. The van der Waals surface area contributed by atoms with E-state index >= 15 is 0 Å². The first-order valence-corrected chi connectivity index (χ1v) is 13.6. The zero-order valence-electron chi connectivity index (χ0n) is 22.2. The summed E-state index contributed by atoms with van der Waals surface area (Å²) in [6.45, 7) is 10.9. The van der Waals surface area contributed by atoms with Gasteiger partial charge in [-0.25, -0.2) is 4.98 Å². The molecule has 35 heavy (non-hydrogen) atoms. The fraction of sp³-hybridized carbons (Fsp3) is 0.741. The average Bonchev–Trinajstić information content (AvgIpc) is 3.18. The van der Waals surface area contributed by atoms with Crippen LogP contribution in [-0.2, 0) is 14.3 Å². The number of esters is 1. The van der Waals surface area contributed by atoms with Crippen molar-refractivity contribution in [1.82, 2.24) is 9.88 Å². The molecule has 0 radical (unpaired) electrons. The van der Waals surface area contributed by atoms with Crippen molar-refractivity contribution in [3.05, 3.63) is 21.7 Å². The van der Waals surface area contributed by atoms with Gasteiger partial charge in [-0.05, 0) is 51.3 Å². The van der Waals surface area contributed by atoms with Crippen LogP contribution in [0.15, 0.2) is 11.0 Å². The summed E-state index contributed by atoms with van der Waals surface area (Å²) in [5.41, 5.74) is 0.581. The molecule has 8 heteroatoms.